The van der Waals surface area contributed by atoms with Gasteiger partial charge in [0.25, 0.3) is 0 Å². The van der Waals surface area contributed by atoms with Gasteiger partial charge in [0.2, 0.25) is 5.91 Å². The lowest BCUT2D eigenvalue weighted by atomic mass is 9.88. The minimum absolute atomic E-state index is 0.305. The summed E-state index contributed by atoms with van der Waals surface area (Å²) in [6.07, 6.45) is 8.83. The molecule has 1 N–H and O–H groups in total. The monoisotopic (exact) mass is 247 g/mol. The average molecular weight is 247 g/mol. The summed E-state index contributed by atoms with van der Waals surface area (Å²) in [7, 11) is 0. The van der Waals surface area contributed by atoms with Crippen molar-refractivity contribution in [1.29, 1.82) is 0 Å². The van der Waals surface area contributed by atoms with Crippen molar-refractivity contribution in [3.8, 4) is 0 Å². The van der Waals surface area contributed by atoms with Crippen molar-refractivity contribution < 1.29 is 4.79 Å². The molecule has 98 valence electrons. The van der Waals surface area contributed by atoms with E-state index < -0.39 is 0 Å². The van der Waals surface area contributed by atoms with Crippen molar-refractivity contribution in [1.82, 2.24) is 15.1 Å². The summed E-state index contributed by atoms with van der Waals surface area (Å²) in [4.78, 5) is 14.5. The molecular formula is C14H21N3O. The topological polar surface area (TPSA) is 49.0 Å². The normalized spacial score (nSPS) is 25.6. The average Bonchev–Trinajstić information content (AvgIpc) is 3.09. The van der Waals surface area contributed by atoms with Gasteiger partial charge in [-0.2, -0.15) is 5.10 Å². The van der Waals surface area contributed by atoms with E-state index in [1.165, 1.54) is 25.0 Å². The van der Waals surface area contributed by atoms with Gasteiger partial charge < -0.3 is 4.90 Å². The Morgan fingerprint density at radius 2 is 2.11 bits per heavy atom. The van der Waals surface area contributed by atoms with Crippen LogP contribution >= 0.6 is 0 Å². The fraction of sp³-hybridized carbons (Fsp3) is 0.714. The van der Waals surface area contributed by atoms with Gasteiger partial charge in [0, 0.05) is 36.8 Å². The predicted molar refractivity (Wildman–Crippen MR) is 69.1 cm³/mol. The number of nitrogens with zero attached hydrogens (tertiary/aromatic N) is 2. The fourth-order valence-electron chi connectivity index (χ4n) is 3.32. The number of carbonyl (C=O) groups excluding carboxylic acids is 1. The number of aromatic amines is 1. The molecule has 1 aromatic heterocycles. The van der Waals surface area contributed by atoms with Crippen LogP contribution in [-0.2, 0) is 4.79 Å². The van der Waals surface area contributed by atoms with Crippen LogP contribution in [0, 0.1) is 5.92 Å². The third kappa shape index (κ3) is 2.28. The molecule has 3 rings (SSSR count). The Kier molecular flexibility index (Phi) is 3.35. The molecule has 1 atom stereocenters. The van der Waals surface area contributed by atoms with Crippen LogP contribution in [0.15, 0.2) is 12.3 Å². The largest absolute Gasteiger partial charge is 0.342 e. The second-order valence-electron chi connectivity index (χ2n) is 5.62. The van der Waals surface area contributed by atoms with Crippen molar-refractivity contribution in [2.75, 3.05) is 13.1 Å². The van der Waals surface area contributed by atoms with Crippen LogP contribution in [0.25, 0.3) is 0 Å². The zero-order valence-electron chi connectivity index (χ0n) is 10.8. The molecule has 1 aliphatic heterocycles. The van der Waals surface area contributed by atoms with Crippen molar-refractivity contribution in [2.24, 2.45) is 5.92 Å². The number of carbonyl (C=O) groups is 1. The van der Waals surface area contributed by atoms with E-state index in [0.29, 0.717) is 17.7 Å². The van der Waals surface area contributed by atoms with Gasteiger partial charge in [-0.1, -0.05) is 19.3 Å². The smallest absolute Gasteiger partial charge is 0.225 e. The maximum absolute atomic E-state index is 12.4. The standard InChI is InChI=1S/C14H21N3O/c18-14(11-4-2-1-3-5-11)17-9-7-12(10-17)13-6-8-15-16-13/h6,8,11-12H,1-5,7,9-10H2,(H,15,16). The maximum atomic E-state index is 12.4. The van der Waals surface area contributed by atoms with Gasteiger partial charge in [-0.25, -0.2) is 0 Å². The molecule has 1 unspecified atom stereocenters. The Bertz CT molecular complexity index is 395. The molecule has 4 nitrogen and oxygen atoms in total. The molecule has 2 heterocycles. The predicted octanol–water partition coefficient (Wildman–Crippen LogP) is 2.31. The summed E-state index contributed by atoms with van der Waals surface area (Å²) in [6, 6.07) is 2.03. The fourth-order valence-corrected chi connectivity index (χ4v) is 3.32. The van der Waals surface area contributed by atoms with E-state index in [4.69, 9.17) is 0 Å². The summed E-state index contributed by atoms with van der Waals surface area (Å²) in [5.41, 5.74) is 1.17. The third-order valence-electron chi connectivity index (χ3n) is 4.42. The number of H-pyrrole nitrogens is 1. The highest BCUT2D eigenvalue weighted by atomic mass is 16.2. The molecule has 0 aromatic carbocycles. The van der Waals surface area contributed by atoms with E-state index in [0.717, 1.165) is 32.4 Å². The molecule has 0 radical (unpaired) electrons. The van der Waals surface area contributed by atoms with Gasteiger partial charge in [0.1, 0.15) is 0 Å². The maximum Gasteiger partial charge on any atom is 0.225 e. The first-order chi connectivity index (χ1) is 8.84. The number of aromatic nitrogens is 2. The quantitative estimate of drug-likeness (QED) is 0.871. The minimum Gasteiger partial charge on any atom is -0.342 e. The molecule has 2 fully saturated rings. The Balaban J connectivity index is 1.59. The Morgan fingerprint density at radius 1 is 1.28 bits per heavy atom. The van der Waals surface area contributed by atoms with Crippen LogP contribution in [0.3, 0.4) is 0 Å². The van der Waals surface area contributed by atoms with Crippen molar-refractivity contribution in [2.45, 2.75) is 44.4 Å². The second kappa shape index (κ2) is 5.12. The van der Waals surface area contributed by atoms with Gasteiger partial charge in [0.15, 0.2) is 0 Å². The van der Waals surface area contributed by atoms with Gasteiger partial charge in [0.05, 0.1) is 0 Å². The molecule has 18 heavy (non-hydrogen) atoms. The number of amides is 1. The third-order valence-corrected chi connectivity index (χ3v) is 4.42. The summed E-state index contributed by atoms with van der Waals surface area (Å²) in [6.45, 7) is 1.79. The van der Waals surface area contributed by atoms with Crippen LogP contribution in [0.2, 0.25) is 0 Å². The van der Waals surface area contributed by atoms with Crippen molar-refractivity contribution in [3.63, 3.8) is 0 Å². The van der Waals surface area contributed by atoms with Gasteiger partial charge in [-0.15, -0.1) is 0 Å². The number of nitrogens with one attached hydrogen (secondary N) is 1. The molecule has 1 aromatic rings. The van der Waals surface area contributed by atoms with Gasteiger partial charge in [-0.05, 0) is 25.3 Å². The van der Waals surface area contributed by atoms with Crippen LogP contribution in [0.4, 0.5) is 0 Å². The van der Waals surface area contributed by atoms with Crippen LogP contribution in [0.1, 0.15) is 50.1 Å². The first-order valence-electron chi connectivity index (χ1n) is 7.12. The number of hydrogen-bond donors (Lipinski definition) is 1. The molecule has 1 saturated heterocycles. The van der Waals surface area contributed by atoms with Crippen LogP contribution in [0.5, 0.6) is 0 Å². The van der Waals surface area contributed by atoms with E-state index in [1.807, 2.05) is 6.07 Å². The molecule has 4 heteroatoms. The van der Waals surface area contributed by atoms with E-state index in [1.54, 1.807) is 6.20 Å². The zero-order chi connectivity index (χ0) is 12.4. The van der Waals surface area contributed by atoms with Crippen molar-refractivity contribution in [3.05, 3.63) is 18.0 Å². The molecular weight excluding hydrogens is 226 g/mol. The summed E-state index contributed by atoms with van der Waals surface area (Å²) >= 11 is 0. The molecule has 1 amide bonds. The van der Waals surface area contributed by atoms with Gasteiger partial charge >= 0.3 is 0 Å². The van der Waals surface area contributed by atoms with Gasteiger partial charge in [-0.3, -0.25) is 9.89 Å². The SMILES string of the molecule is O=C(C1CCCCC1)N1CCC(c2ccn[nH]2)C1. The molecule has 1 aliphatic carbocycles. The number of rotatable bonds is 2. The Morgan fingerprint density at radius 3 is 2.83 bits per heavy atom. The Labute approximate surface area is 108 Å². The second-order valence-corrected chi connectivity index (χ2v) is 5.62. The molecule has 0 spiro atoms. The lowest BCUT2D eigenvalue weighted by molar-refractivity contribution is -0.135. The molecule has 1 saturated carbocycles. The first kappa shape index (κ1) is 11.8. The Hall–Kier alpha value is -1.32. The van der Waals surface area contributed by atoms with E-state index in [2.05, 4.69) is 15.1 Å². The summed E-state index contributed by atoms with van der Waals surface area (Å²) in [5, 5.41) is 7.03. The summed E-state index contributed by atoms with van der Waals surface area (Å²) in [5.74, 6) is 1.16. The highest BCUT2D eigenvalue weighted by Gasteiger charge is 2.32. The lowest BCUT2D eigenvalue weighted by Gasteiger charge is -2.26. The number of hydrogen-bond acceptors (Lipinski definition) is 2. The van der Waals surface area contributed by atoms with E-state index >= 15 is 0 Å². The summed E-state index contributed by atoms with van der Waals surface area (Å²) < 4.78 is 0. The highest BCUT2D eigenvalue weighted by molar-refractivity contribution is 5.79. The van der Waals surface area contributed by atoms with Crippen molar-refractivity contribution >= 4 is 5.91 Å². The first-order valence-corrected chi connectivity index (χ1v) is 7.12. The van der Waals surface area contributed by atoms with Crippen LogP contribution < -0.4 is 0 Å². The molecule has 2 aliphatic rings. The molecule has 0 bridgehead atoms. The van der Waals surface area contributed by atoms with Crippen LogP contribution in [-0.4, -0.2) is 34.1 Å². The highest BCUT2D eigenvalue weighted by Crippen LogP contribution is 2.30. The lowest BCUT2D eigenvalue weighted by Crippen LogP contribution is -2.35. The van der Waals surface area contributed by atoms with E-state index in [9.17, 15) is 4.79 Å². The minimum atomic E-state index is 0.305. The zero-order valence-corrected chi connectivity index (χ0v) is 10.8. The number of likely N-dealkylation sites (tertiary alicyclic amines) is 1. The van der Waals surface area contributed by atoms with E-state index in [-0.39, 0.29) is 0 Å².